The van der Waals surface area contributed by atoms with Crippen LogP contribution < -0.4 is 0 Å². The summed E-state index contributed by atoms with van der Waals surface area (Å²) < 4.78 is 9.99. The molecule has 8 bridgehead atoms. The van der Waals surface area contributed by atoms with Crippen molar-refractivity contribution in [2.45, 2.75) is 25.7 Å². The van der Waals surface area contributed by atoms with E-state index in [1.165, 1.54) is 154 Å². The van der Waals surface area contributed by atoms with Gasteiger partial charge in [0, 0.05) is 65.8 Å². The Bertz CT molecular complexity index is 4260. The maximum absolute atomic E-state index is 2.50. The third-order valence-corrected chi connectivity index (χ3v) is 17.1. The summed E-state index contributed by atoms with van der Waals surface area (Å²) in [6.07, 6.45) is 3.04. The molecule has 1 aliphatic carbocycles. The minimum Gasteiger partial charge on any atom is -0.309 e. The van der Waals surface area contributed by atoms with E-state index in [1.54, 1.807) is 0 Å². The van der Waals surface area contributed by atoms with E-state index in [-0.39, 0.29) is 0 Å². The minimum absolute atomic E-state index is 0.759. The molecule has 0 saturated carbocycles. The third-order valence-electron chi connectivity index (χ3n) is 17.1. The van der Waals surface area contributed by atoms with E-state index in [0.29, 0.717) is 0 Å². The fourth-order valence-electron chi connectivity index (χ4n) is 14.1. The fraction of sp³-hybridized carbons (Fsp3) is 0.0526. The quantitative estimate of drug-likeness (QED) is 0.167. The Morgan fingerprint density at radius 2 is 0.300 bits per heavy atom. The molecule has 17 rings (SSSR count). The summed E-state index contributed by atoms with van der Waals surface area (Å²) in [5.41, 5.74) is 24.7. The molecule has 0 fully saturated rings. The van der Waals surface area contributed by atoms with Gasteiger partial charge in [0.05, 0.1) is 44.1 Å². The molecule has 4 heterocycles. The molecule has 0 unspecified atom stereocenters. The summed E-state index contributed by atoms with van der Waals surface area (Å²) in [7, 11) is 0. The number of hydrogen-bond donors (Lipinski definition) is 0. The van der Waals surface area contributed by atoms with E-state index in [0.717, 1.165) is 25.7 Å². The predicted molar refractivity (Wildman–Crippen MR) is 334 cm³/mol. The molecule has 0 saturated heterocycles. The van der Waals surface area contributed by atoms with Gasteiger partial charge in [0.2, 0.25) is 0 Å². The van der Waals surface area contributed by atoms with Gasteiger partial charge in [0.15, 0.2) is 0 Å². The topological polar surface area (TPSA) is 19.7 Å². The van der Waals surface area contributed by atoms with Crippen LogP contribution in [0.2, 0.25) is 0 Å². The van der Waals surface area contributed by atoms with Gasteiger partial charge in [-0.15, -0.1) is 0 Å². The largest absolute Gasteiger partial charge is 0.309 e. The molecular weight excluding hydrogens is 969 g/mol. The average molecular weight is 1020 g/mol. The Kier molecular flexibility index (Phi) is 9.93. The zero-order valence-electron chi connectivity index (χ0n) is 44.0. The van der Waals surface area contributed by atoms with Crippen LogP contribution in [0.15, 0.2) is 267 Å². The van der Waals surface area contributed by atoms with Gasteiger partial charge in [-0.3, -0.25) is 0 Å². The summed E-state index contributed by atoms with van der Waals surface area (Å²) in [5.74, 6) is 0. The molecule has 0 amide bonds. The highest BCUT2D eigenvalue weighted by atomic mass is 15.0. The lowest BCUT2D eigenvalue weighted by molar-refractivity contribution is 1.05. The Hall–Kier alpha value is -10.2. The highest BCUT2D eigenvalue weighted by Crippen LogP contribution is 2.39. The SMILES string of the molecule is c1ccc2c(c1)c1ccccc1n2-c1cc2cc(c1)Cc1cc(cc(-n3c4ccccc4c4ccccc43)c1)Cc1cc(cc(-n3c4ccccc4c4ccccc43)c1)Cc1cc(cc(-n3c4ccccc4c4ccccc43)c1)C2. The van der Waals surface area contributed by atoms with Crippen molar-refractivity contribution in [1.29, 1.82) is 0 Å². The van der Waals surface area contributed by atoms with Crippen LogP contribution in [0.3, 0.4) is 0 Å². The molecule has 0 N–H and O–H groups in total. The van der Waals surface area contributed by atoms with Gasteiger partial charge in [0.25, 0.3) is 0 Å². The standard InChI is InChI=1S/C76H52N4/c1-9-25-69-61(17-1)62-18-2-10-26-70(62)77(69)57-41-49-33-50(42-57)38-52-35-54(46-59(44-52)79-73-29-13-5-21-65(73)66-22-6-14-30-74(66)79)40-56-36-55(47-60(48-56)80-75-31-15-7-23-67(75)68-24-8-16-32-76(68)80)39-53-34-51(37-49)43-58(45-53)78-71-27-11-3-19-63(71)64-20-4-12-28-72(64)78/h1-36,41-48H,37-40H2. The molecule has 1 aliphatic rings. The molecule has 16 aromatic rings. The first-order valence-electron chi connectivity index (χ1n) is 28.1. The normalized spacial score (nSPS) is 12.8. The third kappa shape index (κ3) is 7.15. The second-order valence-electron chi connectivity index (χ2n) is 22.2. The first kappa shape index (κ1) is 44.9. The molecule has 4 heteroatoms. The van der Waals surface area contributed by atoms with Gasteiger partial charge in [-0.25, -0.2) is 0 Å². The summed E-state index contributed by atoms with van der Waals surface area (Å²) >= 11 is 0. The van der Waals surface area contributed by atoms with Gasteiger partial charge in [-0.1, -0.05) is 170 Å². The first-order valence-corrected chi connectivity index (χ1v) is 28.1. The smallest absolute Gasteiger partial charge is 0.0541 e. The molecule has 0 aliphatic heterocycles. The van der Waals surface area contributed by atoms with Crippen LogP contribution >= 0.6 is 0 Å². The van der Waals surface area contributed by atoms with Crippen LogP contribution in [0.25, 0.3) is 110 Å². The van der Waals surface area contributed by atoms with Gasteiger partial charge >= 0.3 is 0 Å². The maximum atomic E-state index is 2.50. The second kappa shape index (κ2) is 17.7. The number of rotatable bonds is 4. The summed E-state index contributed by atoms with van der Waals surface area (Å²) in [6.45, 7) is 0. The number of para-hydroxylation sites is 8. The maximum Gasteiger partial charge on any atom is 0.0541 e. The van der Waals surface area contributed by atoms with Crippen molar-refractivity contribution in [3.8, 4) is 22.7 Å². The van der Waals surface area contributed by atoms with Gasteiger partial charge in [0.1, 0.15) is 0 Å². The van der Waals surface area contributed by atoms with E-state index >= 15 is 0 Å². The fourth-order valence-corrected chi connectivity index (χ4v) is 14.1. The van der Waals surface area contributed by atoms with Crippen LogP contribution in [-0.4, -0.2) is 18.3 Å². The number of aromatic nitrogens is 4. The van der Waals surface area contributed by atoms with Gasteiger partial charge in [-0.2, -0.15) is 0 Å². The van der Waals surface area contributed by atoms with E-state index < -0.39 is 0 Å². The zero-order chi connectivity index (χ0) is 52.4. The summed E-state index contributed by atoms with van der Waals surface area (Å²) in [6, 6.07) is 101. The lowest BCUT2D eigenvalue weighted by Crippen LogP contribution is -2.05. The van der Waals surface area contributed by atoms with Crippen molar-refractivity contribution in [2.75, 3.05) is 0 Å². The monoisotopic (exact) mass is 1020 g/mol. The molecule has 80 heavy (non-hydrogen) atoms. The van der Waals surface area contributed by atoms with Crippen molar-refractivity contribution in [3.63, 3.8) is 0 Å². The molecule has 376 valence electrons. The van der Waals surface area contributed by atoms with Crippen molar-refractivity contribution >= 4 is 87.2 Å². The molecule has 0 atom stereocenters. The van der Waals surface area contributed by atoms with Crippen LogP contribution in [0.1, 0.15) is 44.5 Å². The first-order chi connectivity index (χ1) is 39.6. The van der Waals surface area contributed by atoms with E-state index in [2.05, 4.69) is 285 Å². The van der Waals surface area contributed by atoms with Gasteiger partial charge < -0.3 is 18.3 Å². The Morgan fingerprint density at radius 1 is 0.163 bits per heavy atom. The van der Waals surface area contributed by atoms with Crippen LogP contribution in [0.4, 0.5) is 0 Å². The molecular formula is C76H52N4. The molecule has 0 radical (unpaired) electrons. The minimum atomic E-state index is 0.759. The van der Waals surface area contributed by atoms with E-state index in [4.69, 9.17) is 0 Å². The van der Waals surface area contributed by atoms with Crippen molar-refractivity contribution in [2.24, 2.45) is 0 Å². The van der Waals surface area contributed by atoms with Crippen LogP contribution in [0.5, 0.6) is 0 Å². The molecule has 0 spiro atoms. The Labute approximate surface area is 462 Å². The predicted octanol–water partition coefficient (Wildman–Crippen LogP) is 18.8. The van der Waals surface area contributed by atoms with E-state index in [9.17, 15) is 0 Å². The number of hydrogen-bond acceptors (Lipinski definition) is 0. The van der Waals surface area contributed by atoms with Crippen molar-refractivity contribution in [1.82, 2.24) is 18.3 Å². The highest BCUT2D eigenvalue weighted by Gasteiger charge is 2.20. The van der Waals surface area contributed by atoms with Crippen LogP contribution in [0, 0.1) is 0 Å². The Balaban J connectivity index is 0.929. The summed E-state index contributed by atoms with van der Waals surface area (Å²) in [5, 5.41) is 10.1. The number of fused-ring (bicyclic) bond motifs is 20. The number of nitrogens with zero attached hydrogens (tertiary/aromatic N) is 4. The lowest BCUT2D eigenvalue weighted by Gasteiger charge is -2.18. The summed E-state index contributed by atoms with van der Waals surface area (Å²) in [4.78, 5) is 0. The molecule has 12 aromatic carbocycles. The van der Waals surface area contributed by atoms with Crippen LogP contribution in [-0.2, 0) is 25.7 Å². The van der Waals surface area contributed by atoms with Crippen molar-refractivity contribution in [3.05, 3.63) is 311 Å². The van der Waals surface area contributed by atoms with E-state index in [1.807, 2.05) is 0 Å². The van der Waals surface area contributed by atoms with Crippen molar-refractivity contribution < 1.29 is 0 Å². The lowest BCUT2D eigenvalue weighted by atomic mass is 9.92. The molecule has 4 nitrogen and oxygen atoms in total. The highest BCUT2D eigenvalue weighted by molar-refractivity contribution is 6.12. The Morgan fingerprint density at radius 3 is 0.450 bits per heavy atom. The molecule has 4 aromatic heterocycles. The number of benzene rings is 12. The average Bonchev–Trinajstić information content (AvgIpc) is 4.32. The second-order valence-corrected chi connectivity index (χ2v) is 22.2. The van der Waals surface area contributed by atoms with Gasteiger partial charge in [-0.05, 0) is 167 Å². The zero-order valence-corrected chi connectivity index (χ0v) is 44.0.